The molecule has 0 aliphatic rings. The average Bonchev–Trinajstić information content (AvgIpc) is 2.50. The third kappa shape index (κ3) is 4.21. The molecule has 2 nitrogen and oxygen atoms in total. The fraction of sp³-hybridized carbons (Fsp3) is 0.278. The van der Waals surface area contributed by atoms with Crippen LogP contribution in [0.2, 0.25) is 19.6 Å². The first-order chi connectivity index (χ1) is 11.5. The number of carbonyl (C=O) groups is 1. The van der Waals surface area contributed by atoms with Crippen molar-refractivity contribution >= 4 is 30.0 Å². The van der Waals surface area contributed by atoms with Crippen molar-refractivity contribution < 1.29 is 22.4 Å². The highest BCUT2D eigenvalue weighted by Crippen LogP contribution is 2.47. The van der Waals surface area contributed by atoms with Crippen LogP contribution in [-0.4, -0.2) is 20.3 Å². The summed E-state index contributed by atoms with van der Waals surface area (Å²) < 4.78 is 49.0. The summed E-state index contributed by atoms with van der Waals surface area (Å²) in [6.45, 7) is 4.89. The fourth-order valence-corrected chi connectivity index (χ4v) is 4.19. The lowest BCUT2D eigenvalue weighted by Crippen LogP contribution is -2.56. The normalized spacial score (nSPS) is 14.8. The second kappa shape index (κ2) is 7.05. The van der Waals surface area contributed by atoms with E-state index in [1.807, 2.05) is 0 Å². The van der Waals surface area contributed by atoms with Gasteiger partial charge in [-0.3, -0.25) is 4.79 Å². The number of carbonyl (C=O) groups excluding carboxylic acids is 1. The first-order valence-corrected chi connectivity index (χ1v) is 11.8. The van der Waals surface area contributed by atoms with Gasteiger partial charge in [0.2, 0.25) is 11.4 Å². The quantitative estimate of drug-likeness (QED) is 0.433. The summed E-state index contributed by atoms with van der Waals surface area (Å²) in [5.41, 5.74) is -3.31. The van der Waals surface area contributed by atoms with Crippen LogP contribution in [0, 0.1) is 0 Å². The summed E-state index contributed by atoms with van der Waals surface area (Å²) in [4.78, 5) is 13.1. The maximum absolute atomic E-state index is 14.3. The van der Waals surface area contributed by atoms with Gasteiger partial charge < -0.3 is 4.43 Å². The maximum Gasteiger partial charge on any atom is 0.428 e. The molecule has 1 unspecified atom stereocenters. The van der Waals surface area contributed by atoms with Crippen LogP contribution in [-0.2, 0) is 10.0 Å². The first kappa shape index (κ1) is 19.9. The van der Waals surface area contributed by atoms with Crippen molar-refractivity contribution in [3.8, 4) is 0 Å². The summed E-state index contributed by atoms with van der Waals surface area (Å²) in [7, 11) is -2.75. The Hall–Kier alpha value is -1.44. The minimum absolute atomic E-state index is 0.0435. The molecule has 25 heavy (non-hydrogen) atoms. The number of alkyl halides is 3. The number of ketones is 1. The van der Waals surface area contributed by atoms with Crippen molar-refractivity contribution in [3.05, 3.63) is 70.2 Å². The van der Waals surface area contributed by atoms with E-state index in [0.29, 0.717) is 4.47 Å². The van der Waals surface area contributed by atoms with Gasteiger partial charge in [0.05, 0.1) is 0 Å². The number of hydrogen-bond donors (Lipinski definition) is 0. The molecule has 0 saturated heterocycles. The third-order valence-electron chi connectivity index (χ3n) is 3.45. The molecule has 0 aliphatic carbocycles. The van der Waals surface area contributed by atoms with Crippen molar-refractivity contribution in [1.82, 2.24) is 0 Å². The molecule has 0 bridgehead atoms. The molecular formula is C18H18BrF3O2Si. The van der Waals surface area contributed by atoms with Crippen LogP contribution in [0.3, 0.4) is 0 Å². The first-order valence-electron chi connectivity index (χ1n) is 7.60. The van der Waals surface area contributed by atoms with Gasteiger partial charge in [-0.1, -0.05) is 58.4 Å². The van der Waals surface area contributed by atoms with Crippen molar-refractivity contribution in [1.29, 1.82) is 0 Å². The van der Waals surface area contributed by atoms with Crippen LogP contribution >= 0.6 is 15.9 Å². The molecule has 0 saturated carbocycles. The Morgan fingerprint density at radius 3 is 2.08 bits per heavy atom. The summed E-state index contributed by atoms with van der Waals surface area (Å²) in [5.74, 6) is -1.11. The number of Topliss-reactive ketones (excluding diaryl/α,β-unsaturated/α-hetero) is 1. The predicted octanol–water partition coefficient (Wildman–Crippen LogP) is 5.94. The zero-order valence-electron chi connectivity index (χ0n) is 14.0. The van der Waals surface area contributed by atoms with Crippen LogP contribution in [0.1, 0.15) is 15.9 Å². The van der Waals surface area contributed by atoms with Gasteiger partial charge >= 0.3 is 6.18 Å². The lowest BCUT2D eigenvalue weighted by atomic mass is 9.85. The van der Waals surface area contributed by atoms with E-state index in [1.165, 1.54) is 42.5 Å². The molecule has 0 radical (unpaired) electrons. The van der Waals surface area contributed by atoms with Crippen LogP contribution in [0.25, 0.3) is 0 Å². The Bertz CT molecular complexity index is 757. The lowest BCUT2D eigenvalue weighted by Gasteiger charge is -2.39. The van der Waals surface area contributed by atoms with Crippen LogP contribution in [0.15, 0.2) is 59.1 Å². The molecule has 0 amide bonds. The van der Waals surface area contributed by atoms with E-state index in [9.17, 15) is 18.0 Å². The molecule has 1 atom stereocenters. The Balaban J connectivity index is 2.78. The molecule has 2 rings (SSSR count). The minimum Gasteiger partial charge on any atom is -0.395 e. The van der Waals surface area contributed by atoms with E-state index in [0.717, 1.165) is 0 Å². The molecule has 7 heteroatoms. The van der Waals surface area contributed by atoms with Gasteiger partial charge in [-0.15, -0.1) is 0 Å². The maximum atomic E-state index is 14.3. The van der Waals surface area contributed by atoms with Gasteiger partial charge in [-0.05, 0) is 31.8 Å². The fourth-order valence-electron chi connectivity index (χ4n) is 2.55. The van der Waals surface area contributed by atoms with Crippen LogP contribution < -0.4 is 0 Å². The number of hydrogen-bond acceptors (Lipinski definition) is 2. The molecule has 0 aliphatic heterocycles. The highest BCUT2D eigenvalue weighted by molar-refractivity contribution is 9.10. The van der Waals surface area contributed by atoms with Gasteiger partial charge in [-0.2, -0.15) is 13.2 Å². The molecular weight excluding hydrogens is 413 g/mol. The van der Waals surface area contributed by atoms with Crippen LogP contribution in [0.5, 0.6) is 0 Å². The van der Waals surface area contributed by atoms with Gasteiger partial charge in [0.1, 0.15) is 0 Å². The second-order valence-electron chi connectivity index (χ2n) is 6.60. The van der Waals surface area contributed by atoms with Crippen LogP contribution in [0.4, 0.5) is 13.2 Å². The average molecular weight is 431 g/mol. The molecule has 0 heterocycles. The van der Waals surface area contributed by atoms with Crippen molar-refractivity contribution in [3.63, 3.8) is 0 Å². The summed E-state index contributed by atoms with van der Waals surface area (Å²) in [6, 6.07) is 13.1. The van der Waals surface area contributed by atoms with E-state index >= 15 is 0 Å². The highest BCUT2D eigenvalue weighted by Gasteiger charge is 2.64. The van der Waals surface area contributed by atoms with Gasteiger partial charge in [0, 0.05) is 15.6 Å². The summed E-state index contributed by atoms with van der Waals surface area (Å²) >= 11 is 3.18. The monoisotopic (exact) mass is 430 g/mol. The Morgan fingerprint density at radius 1 is 1.00 bits per heavy atom. The van der Waals surface area contributed by atoms with E-state index in [4.69, 9.17) is 4.43 Å². The lowest BCUT2D eigenvalue weighted by molar-refractivity contribution is -0.235. The van der Waals surface area contributed by atoms with Gasteiger partial charge in [0.25, 0.3) is 0 Å². The molecule has 0 aromatic heterocycles. The zero-order valence-corrected chi connectivity index (χ0v) is 16.6. The highest BCUT2D eigenvalue weighted by atomic mass is 79.9. The SMILES string of the molecule is C[Si](C)(C)OC(C(=O)c1ccccc1)(c1cccc(Br)c1)C(F)(F)F. The molecule has 0 fully saturated rings. The number of halogens is 4. The Morgan fingerprint density at radius 2 is 1.60 bits per heavy atom. The van der Waals surface area contributed by atoms with E-state index < -0.39 is 25.9 Å². The van der Waals surface area contributed by atoms with E-state index in [2.05, 4.69) is 15.9 Å². The summed E-state index contributed by atoms with van der Waals surface area (Å²) in [5, 5.41) is 0. The topological polar surface area (TPSA) is 26.3 Å². The Labute approximate surface area is 154 Å². The Kier molecular flexibility index (Phi) is 5.61. The second-order valence-corrected chi connectivity index (χ2v) is 11.9. The predicted molar refractivity (Wildman–Crippen MR) is 97.1 cm³/mol. The number of rotatable bonds is 5. The minimum atomic E-state index is -4.92. The largest absolute Gasteiger partial charge is 0.428 e. The smallest absolute Gasteiger partial charge is 0.395 e. The molecule has 0 N–H and O–H groups in total. The third-order valence-corrected chi connectivity index (χ3v) is 4.86. The van der Waals surface area contributed by atoms with Crippen molar-refractivity contribution in [2.24, 2.45) is 0 Å². The summed E-state index contributed by atoms with van der Waals surface area (Å²) in [6.07, 6.45) is -4.92. The number of benzene rings is 2. The van der Waals surface area contributed by atoms with E-state index in [1.54, 1.807) is 31.8 Å². The molecule has 134 valence electrons. The molecule has 0 spiro atoms. The standard InChI is InChI=1S/C18H18BrF3O2Si/c1-25(2,3)24-17(18(20,21)22,14-10-7-11-15(19)12-14)16(23)13-8-5-4-6-9-13/h4-12H,1-3H3. The zero-order chi connectivity index (χ0) is 18.9. The molecule has 2 aromatic carbocycles. The van der Waals surface area contributed by atoms with Crippen molar-refractivity contribution in [2.45, 2.75) is 31.4 Å². The van der Waals surface area contributed by atoms with Crippen molar-refractivity contribution in [2.75, 3.05) is 0 Å². The van der Waals surface area contributed by atoms with E-state index in [-0.39, 0.29) is 11.1 Å². The molecule has 2 aromatic rings. The van der Waals surface area contributed by atoms with Gasteiger partial charge in [0.15, 0.2) is 8.32 Å². The van der Waals surface area contributed by atoms with Gasteiger partial charge in [-0.25, -0.2) is 0 Å².